The van der Waals surface area contributed by atoms with Crippen LogP contribution < -0.4 is 4.31 Å². The number of hydrogen-bond donors (Lipinski definition) is 0. The van der Waals surface area contributed by atoms with Gasteiger partial charge in [0.25, 0.3) is 10.0 Å². The van der Waals surface area contributed by atoms with E-state index >= 15 is 0 Å². The molecular formula is C29H24N2O4S2. The Kier molecular flexibility index (Phi) is 5.47. The van der Waals surface area contributed by atoms with Gasteiger partial charge in [-0.3, -0.25) is 4.31 Å². The number of aromatic nitrogens is 1. The number of benzene rings is 4. The first-order chi connectivity index (χ1) is 17.8. The summed E-state index contributed by atoms with van der Waals surface area (Å²) in [6.45, 7) is 1.89. The summed E-state index contributed by atoms with van der Waals surface area (Å²) in [6, 6.07) is 30.7. The normalized spacial score (nSPS) is 15.4. The van der Waals surface area contributed by atoms with Gasteiger partial charge in [-0.2, -0.15) is 0 Å². The summed E-state index contributed by atoms with van der Waals surface area (Å²) in [6.07, 6.45) is 0. The van der Waals surface area contributed by atoms with Crippen molar-refractivity contribution in [2.24, 2.45) is 0 Å². The van der Waals surface area contributed by atoms with Gasteiger partial charge in [0.15, 0.2) is 9.84 Å². The van der Waals surface area contributed by atoms with Gasteiger partial charge >= 0.3 is 0 Å². The quantitative estimate of drug-likeness (QED) is 0.295. The van der Waals surface area contributed by atoms with Crippen molar-refractivity contribution < 1.29 is 16.8 Å². The molecule has 1 aromatic heterocycles. The molecule has 8 heteroatoms. The van der Waals surface area contributed by atoms with Crippen molar-refractivity contribution >= 4 is 36.5 Å². The van der Waals surface area contributed by atoms with E-state index in [0.29, 0.717) is 17.1 Å². The van der Waals surface area contributed by atoms with E-state index in [4.69, 9.17) is 0 Å². The van der Waals surface area contributed by atoms with E-state index in [9.17, 15) is 16.8 Å². The van der Waals surface area contributed by atoms with Gasteiger partial charge in [0.2, 0.25) is 0 Å². The van der Waals surface area contributed by atoms with Crippen LogP contribution in [0, 0.1) is 6.92 Å². The third kappa shape index (κ3) is 3.84. The molecule has 0 aliphatic carbocycles. The number of para-hydroxylation sites is 3. The first-order valence-corrected chi connectivity index (χ1v) is 15.0. The molecule has 5 aromatic rings. The molecule has 0 amide bonds. The Balaban J connectivity index is 1.63. The van der Waals surface area contributed by atoms with Gasteiger partial charge in [-0.1, -0.05) is 66.2 Å². The smallest absolute Gasteiger partial charge is 0.265 e. The Morgan fingerprint density at radius 1 is 0.676 bits per heavy atom. The summed E-state index contributed by atoms with van der Waals surface area (Å²) in [5.41, 5.74) is 3.55. The molecule has 1 aliphatic rings. The number of nitrogens with zero attached hydrogens (tertiary/aromatic N) is 2. The Labute approximate surface area is 216 Å². The van der Waals surface area contributed by atoms with Crippen molar-refractivity contribution in [1.29, 1.82) is 0 Å². The molecule has 0 bridgehead atoms. The average molecular weight is 529 g/mol. The van der Waals surface area contributed by atoms with Crippen LogP contribution in [0.15, 0.2) is 119 Å². The molecule has 1 unspecified atom stereocenters. The van der Waals surface area contributed by atoms with E-state index in [1.54, 1.807) is 66.7 Å². The molecule has 0 radical (unpaired) electrons. The molecule has 0 fully saturated rings. The second-order valence-electron chi connectivity index (χ2n) is 9.18. The number of sulfone groups is 1. The number of hydrogen-bond acceptors (Lipinski definition) is 4. The summed E-state index contributed by atoms with van der Waals surface area (Å²) in [7, 11) is -7.96. The van der Waals surface area contributed by atoms with Crippen molar-refractivity contribution in [2.45, 2.75) is 22.8 Å². The lowest BCUT2D eigenvalue weighted by Crippen LogP contribution is -2.42. The van der Waals surface area contributed by atoms with Crippen LogP contribution in [0.2, 0.25) is 0 Å². The Hall–Kier alpha value is -3.88. The standard InChI is InChI=1S/C29H24N2O4S2/c1-21-15-17-24(18-16-21)37(34,35)31-27-14-8-7-13-26(27)30-25-12-6-5-9-22(25)19-28(30)29(31)20-36(32,33)23-10-3-2-4-11-23/h2-19,29H,20H2,1H3. The minimum atomic E-state index is -4.12. The number of rotatable bonds is 5. The van der Waals surface area contributed by atoms with Gasteiger partial charge in [0.05, 0.1) is 32.4 Å². The number of sulfonamides is 1. The highest BCUT2D eigenvalue weighted by Gasteiger charge is 2.42. The average Bonchev–Trinajstić information content (AvgIpc) is 3.29. The van der Waals surface area contributed by atoms with Gasteiger partial charge in [0, 0.05) is 11.1 Å². The zero-order chi connectivity index (χ0) is 25.8. The third-order valence-corrected chi connectivity index (χ3v) is 10.4. The van der Waals surface area contributed by atoms with Crippen LogP contribution in [-0.4, -0.2) is 27.2 Å². The van der Waals surface area contributed by atoms with Crippen molar-refractivity contribution in [1.82, 2.24) is 4.57 Å². The van der Waals surface area contributed by atoms with E-state index in [1.165, 1.54) is 4.31 Å². The van der Waals surface area contributed by atoms with Crippen molar-refractivity contribution in [3.8, 4) is 5.69 Å². The fraction of sp³-hybridized carbons (Fsp3) is 0.103. The highest BCUT2D eigenvalue weighted by molar-refractivity contribution is 7.93. The molecule has 6 rings (SSSR count). The summed E-state index contributed by atoms with van der Waals surface area (Å²) in [5.74, 6) is -0.410. The molecule has 6 nitrogen and oxygen atoms in total. The molecule has 4 aromatic carbocycles. The Morgan fingerprint density at radius 3 is 2.03 bits per heavy atom. The molecule has 1 atom stereocenters. The van der Waals surface area contributed by atoms with Crippen LogP contribution in [-0.2, 0) is 19.9 Å². The van der Waals surface area contributed by atoms with E-state index < -0.39 is 31.7 Å². The second kappa shape index (κ2) is 8.61. The monoisotopic (exact) mass is 528 g/mol. The second-order valence-corrected chi connectivity index (χ2v) is 13.0. The molecule has 37 heavy (non-hydrogen) atoms. The number of fused-ring (bicyclic) bond motifs is 5. The molecular weight excluding hydrogens is 504 g/mol. The first kappa shape index (κ1) is 23.5. The third-order valence-electron chi connectivity index (χ3n) is 6.78. The SMILES string of the molecule is Cc1ccc(S(=O)(=O)N2c3ccccc3-n3c(cc4ccccc43)C2CS(=O)(=O)c2ccccc2)cc1. The van der Waals surface area contributed by atoms with E-state index in [0.717, 1.165) is 16.5 Å². The van der Waals surface area contributed by atoms with Gasteiger partial charge in [0.1, 0.15) is 6.04 Å². The Morgan fingerprint density at radius 2 is 1.30 bits per heavy atom. The molecule has 1 aliphatic heterocycles. The fourth-order valence-electron chi connectivity index (χ4n) is 5.02. The maximum Gasteiger partial charge on any atom is 0.265 e. The van der Waals surface area contributed by atoms with Gasteiger partial charge in [-0.25, -0.2) is 16.8 Å². The van der Waals surface area contributed by atoms with Crippen LogP contribution in [0.5, 0.6) is 0 Å². The maximum atomic E-state index is 14.2. The largest absolute Gasteiger partial charge is 0.309 e. The summed E-state index contributed by atoms with van der Waals surface area (Å²) >= 11 is 0. The molecule has 0 N–H and O–H groups in total. The lowest BCUT2D eigenvalue weighted by atomic mass is 10.1. The molecule has 0 spiro atoms. The molecule has 186 valence electrons. The van der Waals surface area contributed by atoms with Crippen LogP contribution in [0.1, 0.15) is 17.3 Å². The summed E-state index contributed by atoms with van der Waals surface area (Å²) in [5, 5.41) is 0.906. The van der Waals surface area contributed by atoms with Crippen LogP contribution in [0.4, 0.5) is 5.69 Å². The van der Waals surface area contributed by atoms with Gasteiger partial charge < -0.3 is 4.57 Å². The topological polar surface area (TPSA) is 76.5 Å². The predicted molar refractivity (Wildman–Crippen MR) is 145 cm³/mol. The van der Waals surface area contributed by atoms with E-state index in [-0.39, 0.29) is 9.79 Å². The lowest BCUT2D eigenvalue weighted by molar-refractivity contribution is 0.568. The van der Waals surface area contributed by atoms with Crippen LogP contribution in [0.25, 0.3) is 16.6 Å². The number of anilines is 1. The first-order valence-electron chi connectivity index (χ1n) is 11.9. The van der Waals surface area contributed by atoms with Crippen LogP contribution in [0.3, 0.4) is 0 Å². The molecule has 0 saturated heterocycles. The minimum Gasteiger partial charge on any atom is -0.309 e. The Bertz CT molecular complexity index is 1840. The molecule has 0 saturated carbocycles. The minimum absolute atomic E-state index is 0.111. The van der Waals surface area contributed by atoms with E-state index in [1.807, 2.05) is 54.0 Å². The number of aryl methyl sites for hydroxylation is 1. The summed E-state index contributed by atoms with van der Waals surface area (Å²) < 4.78 is 59.1. The molecule has 2 heterocycles. The van der Waals surface area contributed by atoms with Crippen LogP contribution >= 0.6 is 0 Å². The summed E-state index contributed by atoms with van der Waals surface area (Å²) in [4.78, 5) is 0.267. The van der Waals surface area contributed by atoms with Gasteiger partial charge in [-0.05, 0) is 55.5 Å². The zero-order valence-corrected chi connectivity index (χ0v) is 21.7. The lowest BCUT2D eigenvalue weighted by Gasteiger charge is -2.38. The van der Waals surface area contributed by atoms with Crippen molar-refractivity contribution in [3.63, 3.8) is 0 Å². The maximum absolute atomic E-state index is 14.2. The fourth-order valence-corrected chi connectivity index (χ4v) is 8.26. The van der Waals surface area contributed by atoms with E-state index in [2.05, 4.69) is 0 Å². The highest BCUT2D eigenvalue weighted by Crippen LogP contribution is 2.45. The zero-order valence-electron chi connectivity index (χ0n) is 20.0. The van der Waals surface area contributed by atoms with Crippen molar-refractivity contribution in [3.05, 3.63) is 120 Å². The predicted octanol–water partition coefficient (Wildman–Crippen LogP) is 5.66. The van der Waals surface area contributed by atoms with Gasteiger partial charge in [-0.15, -0.1) is 0 Å². The highest BCUT2D eigenvalue weighted by atomic mass is 32.2. The van der Waals surface area contributed by atoms with Crippen molar-refractivity contribution in [2.75, 3.05) is 10.1 Å².